The van der Waals surface area contributed by atoms with E-state index < -0.39 is 0 Å². The molecule has 0 bridgehead atoms. The average Bonchev–Trinajstić information content (AvgIpc) is 2.76. The van der Waals surface area contributed by atoms with Gasteiger partial charge in [-0.15, -0.1) is 0 Å². The lowest BCUT2D eigenvalue weighted by Gasteiger charge is -2.13. The molecule has 1 amide bonds. The van der Waals surface area contributed by atoms with E-state index in [9.17, 15) is 4.79 Å². The molecule has 0 saturated carbocycles. The summed E-state index contributed by atoms with van der Waals surface area (Å²) in [5.41, 5.74) is 2.78. The number of carbonyl (C=O) groups is 1. The number of pyridine rings is 1. The maximum atomic E-state index is 12.8. The summed E-state index contributed by atoms with van der Waals surface area (Å²) < 4.78 is 16.9. The van der Waals surface area contributed by atoms with Crippen LogP contribution >= 0.6 is 0 Å². The molecule has 1 aromatic heterocycles. The Morgan fingerprint density at radius 1 is 0.969 bits per heavy atom. The molecule has 0 fully saturated rings. The first-order valence-electron chi connectivity index (χ1n) is 10.9. The molecule has 0 saturated heterocycles. The summed E-state index contributed by atoms with van der Waals surface area (Å²) in [6.45, 7) is 9.06. The molecule has 0 aliphatic rings. The van der Waals surface area contributed by atoms with Gasteiger partial charge in [0.15, 0.2) is 0 Å². The first kappa shape index (κ1) is 23.3. The van der Waals surface area contributed by atoms with Crippen molar-refractivity contribution in [2.45, 2.75) is 40.2 Å². The third-order valence-electron chi connectivity index (χ3n) is 4.80. The van der Waals surface area contributed by atoms with Crippen molar-refractivity contribution in [3.63, 3.8) is 0 Å². The second kappa shape index (κ2) is 11.3. The van der Waals surface area contributed by atoms with E-state index in [0.29, 0.717) is 48.1 Å². The Balaban J connectivity index is 1.65. The minimum absolute atomic E-state index is 0.0877. The molecule has 0 aliphatic carbocycles. The Hall–Kier alpha value is -3.38. The van der Waals surface area contributed by atoms with Crippen molar-refractivity contribution in [2.24, 2.45) is 0 Å². The van der Waals surface area contributed by atoms with Crippen LogP contribution in [-0.2, 0) is 11.2 Å². The lowest BCUT2D eigenvalue weighted by atomic mass is 10.1. The van der Waals surface area contributed by atoms with E-state index in [2.05, 4.69) is 10.3 Å². The van der Waals surface area contributed by atoms with Crippen LogP contribution in [0.2, 0.25) is 0 Å². The molecule has 0 spiro atoms. The molecule has 0 aliphatic heterocycles. The number of aryl methyl sites for hydroxylation is 1. The second-order valence-corrected chi connectivity index (χ2v) is 7.39. The molecule has 1 atom stereocenters. The lowest BCUT2D eigenvalue weighted by molar-refractivity contribution is 0.0761. The van der Waals surface area contributed by atoms with Crippen LogP contribution in [-0.4, -0.2) is 30.2 Å². The summed E-state index contributed by atoms with van der Waals surface area (Å²) in [5.74, 6) is 1.90. The van der Waals surface area contributed by atoms with Gasteiger partial charge in [-0.2, -0.15) is 0 Å². The molecule has 3 aromatic rings. The number of nitrogens with one attached hydrogen (secondary N) is 1. The van der Waals surface area contributed by atoms with Gasteiger partial charge in [0.25, 0.3) is 5.91 Å². The Bertz CT molecular complexity index is 1030. The molecule has 32 heavy (non-hydrogen) atoms. The lowest BCUT2D eigenvalue weighted by Crippen LogP contribution is -2.16. The van der Waals surface area contributed by atoms with Crippen molar-refractivity contribution in [1.29, 1.82) is 0 Å². The fourth-order valence-electron chi connectivity index (χ4n) is 3.35. The number of rotatable bonds is 10. The maximum absolute atomic E-state index is 12.8. The Morgan fingerprint density at radius 3 is 2.41 bits per heavy atom. The van der Waals surface area contributed by atoms with Gasteiger partial charge in [-0.3, -0.25) is 9.78 Å². The number of hydrogen-bond acceptors (Lipinski definition) is 5. The first-order chi connectivity index (χ1) is 15.5. The van der Waals surface area contributed by atoms with Crippen molar-refractivity contribution < 1.29 is 19.0 Å². The van der Waals surface area contributed by atoms with Crippen LogP contribution in [0.15, 0.2) is 60.7 Å². The molecule has 6 heteroatoms. The summed E-state index contributed by atoms with van der Waals surface area (Å²) in [6.07, 6.45) is 0.798. The van der Waals surface area contributed by atoms with Gasteiger partial charge in [0, 0.05) is 30.5 Å². The molecule has 3 rings (SSSR count). The van der Waals surface area contributed by atoms with Gasteiger partial charge in [0.1, 0.15) is 17.2 Å². The Labute approximate surface area is 189 Å². The number of nitrogens with zero attached hydrogens (tertiary/aromatic N) is 1. The largest absolute Gasteiger partial charge is 0.494 e. The van der Waals surface area contributed by atoms with Gasteiger partial charge in [-0.1, -0.05) is 6.07 Å². The quantitative estimate of drug-likeness (QED) is 0.437. The summed E-state index contributed by atoms with van der Waals surface area (Å²) in [5, 5.41) is 2.93. The van der Waals surface area contributed by atoms with E-state index in [1.165, 1.54) is 0 Å². The number of hydrogen-bond donors (Lipinski definition) is 1. The number of aromatic nitrogens is 1. The van der Waals surface area contributed by atoms with Crippen LogP contribution in [0.1, 0.15) is 42.5 Å². The summed E-state index contributed by atoms with van der Waals surface area (Å²) in [7, 11) is 0. The van der Waals surface area contributed by atoms with Crippen LogP contribution in [0.4, 0.5) is 5.69 Å². The predicted molar refractivity (Wildman–Crippen MR) is 126 cm³/mol. The van der Waals surface area contributed by atoms with Crippen LogP contribution in [0, 0.1) is 6.92 Å². The van der Waals surface area contributed by atoms with Crippen molar-refractivity contribution in [2.75, 3.05) is 18.5 Å². The molecule has 0 radical (unpaired) electrons. The highest BCUT2D eigenvalue weighted by Crippen LogP contribution is 2.26. The number of amides is 1. The topological polar surface area (TPSA) is 69.7 Å². The van der Waals surface area contributed by atoms with Crippen molar-refractivity contribution >= 4 is 11.6 Å². The number of benzene rings is 2. The highest BCUT2D eigenvalue weighted by atomic mass is 16.5. The number of ether oxygens (including phenoxy) is 3. The van der Waals surface area contributed by atoms with Crippen molar-refractivity contribution in [3.8, 4) is 17.2 Å². The fraction of sp³-hybridized carbons (Fsp3) is 0.308. The van der Waals surface area contributed by atoms with E-state index in [4.69, 9.17) is 14.2 Å². The van der Waals surface area contributed by atoms with E-state index >= 15 is 0 Å². The minimum atomic E-state index is -0.211. The minimum Gasteiger partial charge on any atom is -0.494 e. The maximum Gasteiger partial charge on any atom is 0.257 e. The summed E-state index contributed by atoms with van der Waals surface area (Å²) >= 11 is 0. The molecule has 1 N–H and O–H groups in total. The van der Waals surface area contributed by atoms with Gasteiger partial charge < -0.3 is 19.5 Å². The second-order valence-electron chi connectivity index (χ2n) is 7.39. The fourth-order valence-corrected chi connectivity index (χ4v) is 3.35. The third kappa shape index (κ3) is 6.56. The SMILES string of the molecule is CCOc1ccc(Oc2cccc(NC(=O)c3ccc(CC(C)OCC)nc3C)c2)cc1. The van der Waals surface area contributed by atoms with Gasteiger partial charge in [-0.05, 0) is 76.2 Å². The molecular formula is C26H30N2O4. The van der Waals surface area contributed by atoms with Crippen LogP contribution < -0.4 is 14.8 Å². The van der Waals surface area contributed by atoms with Crippen molar-refractivity contribution in [3.05, 3.63) is 77.6 Å². The first-order valence-corrected chi connectivity index (χ1v) is 10.9. The highest BCUT2D eigenvalue weighted by Gasteiger charge is 2.13. The van der Waals surface area contributed by atoms with Crippen LogP contribution in [0.3, 0.4) is 0 Å². The zero-order valence-corrected chi connectivity index (χ0v) is 19.1. The van der Waals surface area contributed by atoms with E-state index in [-0.39, 0.29) is 12.0 Å². The molecule has 1 heterocycles. The average molecular weight is 435 g/mol. The molecular weight excluding hydrogens is 404 g/mol. The predicted octanol–water partition coefficient (Wildman–Crippen LogP) is 5.80. The molecule has 168 valence electrons. The zero-order chi connectivity index (χ0) is 22.9. The third-order valence-corrected chi connectivity index (χ3v) is 4.80. The number of anilines is 1. The summed E-state index contributed by atoms with van der Waals surface area (Å²) in [6, 6.07) is 18.4. The number of carbonyl (C=O) groups excluding carboxylic acids is 1. The van der Waals surface area contributed by atoms with Gasteiger partial charge in [0.2, 0.25) is 0 Å². The van der Waals surface area contributed by atoms with E-state index in [0.717, 1.165) is 11.4 Å². The Morgan fingerprint density at radius 2 is 1.72 bits per heavy atom. The highest BCUT2D eigenvalue weighted by molar-refractivity contribution is 6.05. The Kier molecular flexibility index (Phi) is 8.22. The van der Waals surface area contributed by atoms with E-state index in [1.54, 1.807) is 6.07 Å². The van der Waals surface area contributed by atoms with E-state index in [1.807, 2.05) is 82.3 Å². The van der Waals surface area contributed by atoms with Crippen LogP contribution in [0.25, 0.3) is 0 Å². The smallest absolute Gasteiger partial charge is 0.257 e. The zero-order valence-electron chi connectivity index (χ0n) is 19.1. The summed E-state index contributed by atoms with van der Waals surface area (Å²) in [4.78, 5) is 17.4. The normalized spacial score (nSPS) is 11.6. The van der Waals surface area contributed by atoms with Gasteiger partial charge >= 0.3 is 0 Å². The molecule has 6 nitrogen and oxygen atoms in total. The van der Waals surface area contributed by atoms with Crippen LogP contribution in [0.5, 0.6) is 17.2 Å². The standard InChI is InChI=1S/C26H30N2O4/c1-5-30-18(3)16-21-10-15-25(19(4)27-21)26(29)28-20-8-7-9-24(17-20)32-23-13-11-22(12-14-23)31-6-2/h7-15,17-18H,5-6,16H2,1-4H3,(H,28,29). The van der Waals surface area contributed by atoms with Crippen molar-refractivity contribution in [1.82, 2.24) is 4.98 Å². The molecule has 2 aromatic carbocycles. The monoisotopic (exact) mass is 434 g/mol. The molecule has 1 unspecified atom stereocenters. The van der Waals surface area contributed by atoms with Gasteiger partial charge in [-0.25, -0.2) is 0 Å². The van der Waals surface area contributed by atoms with Gasteiger partial charge in [0.05, 0.1) is 24.0 Å².